The molecule has 2 N–H and O–H groups in total. The second kappa shape index (κ2) is 9.31. The van der Waals surface area contributed by atoms with Crippen molar-refractivity contribution in [2.75, 3.05) is 13.2 Å². The molecular formula is C25H31NO4S. The second-order valence-corrected chi connectivity index (χ2v) is 10.1. The highest BCUT2D eigenvalue weighted by Gasteiger charge is 2.41. The van der Waals surface area contributed by atoms with E-state index in [1.165, 1.54) is 34.9 Å². The summed E-state index contributed by atoms with van der Waals surface area (Å²) in [4.78, 5) is 13.1. The van der Waals surface area contributed by atoms with E-state index >= 15 is 0 Å². The van der Waals surface area contributed by atoms with Crippen LogP contribution in [0, 0.1) is 11.8 Å². The Morgan fingerprint density at radius 1 is 1.19 bits per heavy atom. The van der Waals surface area contributed by atoms with Crippen molar-refractivity contribution < 1.29 is 19.4 Å². The van der Waals surface area contributed by atoms with Gasteiger partial charge in [0, 0.05) is 29.7 Å². The number of hydrogen-bond acceptors (Lipinski definition) is 5. The van der Waals surface area contributed by atoms with Gasteiger partial charge in [0.2, 0.25) is 6.29 Å². The van der Waals surface area contributed by atoms with Gasteiger partial charge in [0.15, 0.2) is 5.76 Å². The number of allylic oxidation sites excluding steroid dienone is 1. The first kappa shape index (κ1) is 21.0. The fourth-order valence-electron chi connectivity index (χ4n) is 5.51. The molecule has 5 rings (SSSR count). The molecule has 5 nitrogen and oxygen atoms in total. The molecule has 2 aromatic rings. The first-order valence-corrected chi connectivity index (χ1v) is 12.5. The number of thiophene rings is 1. The molecule has 6 heteroatoms. The van der Waals surface area contributed by atoms with E-state index in [0.29, 0.717) is 31.1 Å². The normalized spacial score (nSPS) is 29.7. The number of amides is 1. The maximum absolute atomic E-state index is 13.1. The largest absolute Gasteiger partial charge is 0.459 e. The Morgan fingerprint density at radius 3 is 2.90 bits per heavy atom. The Balaban J connectivity index is 1.34. The summed E-state index contributed by atoms with van der Waals surface area (Å²) < 4.78 is 13.3. The number of unbranched alkanes of at least 4 members (excludes halogenated alkanes) is 1. The SMILES string of the molecule is O=C(NC1CC2CCC1C2)C1=C[C@@H](c2csc3ccccc23)C[C@@H](OCCCCO)O1. The van der Waals surface area contributed by atoms with Crippen LogP contribution in [0.3, 0.4) is 0 Å². The summed E-state index contributed by atoms with van der Waals surface area (Å²) in [5.41, 5.74) is 1.23. The summed E-state index contributed by atoms with van der Waals surface area (Å²) in [5, 5.41) is 15.7. The Hall–Kier alpha value is -1.89. The molecule has 1 aromatic carbocycles. The molecule has 2 fully saturated rings. The van der Waals surface area contributed by atoms with Gasteiger partial charge in [-0.3, -0.25) is 4.79 Å². The van der Waals surface area contributed by atoms with Gasteiger partial charge in [-0.15, -0.1) is 11.3 Å². The fraction of sp³-hybridized carbons (Fsp3) is 0.560. The van der Waals surface area contributed by atoms with Crippen molar-refractivity contribution in [1.29, 1.82) is 0 Å². The van der Waals surface area contributed by atoms with E-state index in [2.05, 4.69) is 35.0 Å². The van der Waals surface area contributed by atoms with Crippen LogP contribution in [0.4, 0.5) is 0 Å². The van der Waals surface area contributed by atoms with Crippen molar-refractivity contribution in [2.45, 2.75) is 63.2 Å². The molecule has 1 aliphatic heterocycles. The van der Waals surface area contributed by atoms with Gasteiger partial charge in [-0.2, -0.15) is 0 Å². The van der Waals surface area contributed by atoms with Gasteiger partial charge >= 0.3 is 0 Å². The zero-order valence-corrected chi connectivity index (χ0v) is 18.6. The fourth-order valence-corrected chi connectivity index (χ4v) is 6.54. The lowest BCUT2D eigenvalue weighted by Gasteiger charge is -2.30. The molecule has 2 heterocycles. The van der Waals surface area contributed by atoms with Gasteiger partial charge in [-0.25, -0.2) is 0 Å². The van der Waals surface area contributed by atoms with Crippen LogP contribution in [0.5, 0.6) is 0 Å². The minimum absolute atomic E-state index is 0.0773. The minimum atomic E-state index is -0.451. The van der Waals surface area contributed by atoms with E-state index in [4.69, 9.17) is 14.6 Å². The van der Waals surface area contributed by atoms with Crippen molar-refractivity contribution in [3.05, 3.63) is 47.0 Å². The molecule has 2 bridgehead atoms. The average Bonchev–Trinajstić information content (AvgIpc) is 3.52. The zero-order chi connectivity index (χ0) is 21.2. The predicted octanol–water partition coefficient (Wildman–Crippen LogP) is 4.71. The number of ether oxygens (including phenoxy) is 2. The molecule has 2 saturated carbocycles. The third-order valence-corrected chi connectivity index (χ3v) is 8.08. The molecule has 31 heavy (non-hydrogen) atoms. The van der Waals surface area contributed by atoms with Crippen molar-refractivity contribution in [3.63, 3.8) is 0 Å². The lowest BCUT2D eigenvalue weighted by molar-refractivity contribution is -0.147. The van der Waals surface area contributed by atoms with Crippen molar-refractivity contribution in [1.82, 2.24) is 5.32 Å². The highest BCUT2D eigenvalue weighted by Crippen LogP contribution is 2.45. The summed E-state index contributed by atoms with van der Waals surface area (Å²) in [7, 11) is 0. The quantitative estimate of drug-likeness (QED) is 0.582. The maximum atomic E-state index is 13.1. The Labute approximate surface area is 187 Å². The first-order chi connectivity index (χ1) is 15.2. The van der Waals surface area contributed by atoms with Crippen LogP contribution < -0.4 is 5.32 Å². The number of hydrogen-bond donors (Lipinski definition) is 2. The number of aliphatic hydroxyl groups is 1. The highest BCUT2D eigenvalue weighted by atomic mass is 32.1. The zero-order valence-electron chi connectivity index (χ0n) is 17.8. The van der Waals surface area contributed by atoms with Crippen LogP contribution in [0.2, 0.25) is 0 Å². The molecule has 3 aliphatic rings. The molecule has 5 atom stereocenters. The van der Waals surface area contributed by atoms with E-state index < -0.39 is 6.29 Å². The highest BCUT2D eigenvalue weighted by molar-refractivity contribution is 7.17. The molecule has 0 spiro atoms. The standard InChI is InChI=1S/C25H31NO4S/c27-9-3-4-10-29-24-14-18(20-15-31-23-6-2-1-5-19(20)23)13-22(30-24)25(28)26-21-12-16-7-8-17(21)11-16/h1-2,5-6,13,15-18,21,24,27H,3-4,7-12,14H2,(H,26,28)/t16?,17?,18-,21?,24+/m1/s1. The predicted molar refractivity (Wildman–Crippen MR) is 122 cm³/mol. The van der Waals surface area contributed by atoms with Gasteiger partial charge in [0.25, 0.3) is 5.91 Å². The minimum Gasteiger partial charge on any atom is -0.459 e. The van der Waals surface area contributed by atoms with Gasteiger partial charge in [0.1, 0.15) is 0 Å². The summed E-state index contributed by atoms with van der Waals surface area (Å²) in [5.74, 6) is 1.77. The van der Waals surface area contributed by atoms with Crippen LogP contribution in [-0.4, -0.2) is 36.6 Å². The van der Waals surface area contributed by atoms with E-state index in [1.807, 2.05) is 6.08 Å². The number of rotatable bonds is 8. The van der Waals surface area contributed by atoms with Crippen molar-refractivity contribution in [2.24, 2.45) is 11.8 Å². The van der Waals surface area contributed by atoms with Crippen LogP contribution in [0.15, 0.2) is 41.5 Å². The summed E-state index contributed by atoms with van der Waals surface area (Å²) in [6, 6.07) is 8.69. The molecule has 1 aromatic heterocycles. The number of fused-ring (bicyclic) bond motifs is 3. The number of carbonyl (C=O) groups excluding carboxylic acids is 1. The molecule has 0 radical (unpaired) electrons. The van der Waals surface area contributed by atoms with Gasteiger partial charge < -0.3 is 19.9 Å². The average molecular weight is 442 g/mol. The summed E-state index contributed by atoms with van der Waals surface area (Å²) >= 11 is 1.74. The molecular weight excluding hydrogens is 410 g/mol. The van der Waals surface area contributed by atoms with Crippen LogP contribution in [-0.2, 0) is 14.3 Å². The van der Waals surface area contributed by atoms with E-state index in [1.54, 1.807) is 11.3 Å². The Morgan fingerprint density at radius 2 is 2.10 bits per heavy atom. The maximum Gasteiger partial charge on any atom is 0.286 e. The molecule has 166 valence electrons. The molecule has 3 unspecified atom stereocenters. The first-order valence-electron chi connectivity index (χ1n) is 11.6. The van der Waals surface area contributed by atoms with Crippen LogP contribution in [0.1, 0.15) is 56.4 Å². The number of carbonyl (C=O) groups is 1. The molecule has 1 amide bonds. The summed E-state index contributed by atoms with van der Waals surface area (Å²) in [6.45, 7) is 0.680. The number of benzene rings is 1. The third-order valence-electron chi connectivity index (χ3n) is 7.10. The van der Waals surface area contributed by atoms with E-state index in [0.717, 1.165) is 18.8 Å². The van der Waals surface area contributed by atoms with Crippen LogP contribution in [0.25, 0.3) is 10.1 Å². The van der Waals surface area contributed by atoms with Gasteiger partial charge in [-0.1, -0.05) is 24.6 Å². The third kappa shape index (κ3) is 4.52. The Kier molecular flexibility index (Phi) is 6.30. The van der Waals surface area contributed by atoms with Crippen LogP contribution >= 0.6 is 11.3 Å². The van der Waals surface area contributed by atoms with Gasteiger partial charge in [-0.05, 0) is 72.4 Å². The topological polar surface area (TPSA) is 67.8 Å². The van der Waals surface area contributed by atoms with Crippen molar-refractivity contribution in [3.8, 4) is 0 Å². The Bertz CT molecular complexity index is 954. The van der Waals surface area contributed by atoms with E-state index in [-0.39, 0.29) is 24.5 Å². The lowest BCUT2D eigenvalue weighted by Crippen LogP contribution is -2.41. The smallest absolute Gasteiger partial charge is 0.286 e. The number of aliphatic hydroxyl groups excluding tert-OH is 1. The number of nitrogens with one attached hydrogen (secondary N) is 1. The second-order valence-electron chi connectivity index (χ2n) is 9.16. The lowest BCUT2D eigenvalue weighted by atomic mass is 9.92. The molecule has 0 saturated heterocycles. The van der Waals surface area contributed by atoms with E-state index in [9.17, 15) is 4.79 Å². The van der Waals surface area contributed by atoms with Gasteiger partial charge in [0.05, 0.1) is 6.61 Å². The summed E-state index contributed by atoms with van der Waals surface area (Å²) in [6.07, 6.45) is 8.61. The van der Waals surface area contributed by atoms with Crippen molar-refractivity contribution >= 4 is 27.3 Å². The molecule has 2 aliphatic carbocycles. The monoisotopic (exact) mass is 441 g/mol.